The molecular weight excluding hydrogens is 179 g/mol. The minimum atomic E-state index is -0.307. The van der Waals surface area contributed by atoms with E-state index in [0.29, 0.717) is 16.9 Å². The van der Waals surface area contributed by atoms with Gasteiger partial charge in [0, 0.05) is 11.8 Å². The van der Waals surface area contributed by atoms with Crippen molar-refractivity contribution < 1.29 is 4.39 Å². The Bertz CT molecular complexity index is 411. The number of rotatable bonds is 1. The molecule has 2 aromatic rings. The van der Waals surface area contributed by atoms with Gasteiger partial charge < -0.3 is 5.73 Å². The maximum Gasteiger partial charge on any atom is 0.132 e. The van der Waals surface area contributed by atoms with Crippen molar-refractivity contribution in [3.63, 3.8) is 0 Å². The molecule has 70 valence electrons. The summed E-state index contributed by atoms with van der Waals surface area (Å²) in [4.78, 5) is 4.04. The number of benzene rings is 1. The molecule has 2 rings (SSSR count). The molecule has 0 radical (unpaired) electrons. The van der Waals surface area contributed by atoms with E-state index in [1.165, 1.54) is 6.07 Å². The Morgan fingerprint density at radius 1 is 1.07 bits per heavy atom. The van der Waals surface area contributed by atoms with E-state index in [2.05, 4.69) is 4.98 Å². The summed E-state index contributed by atoms with van der Waals surface area (Å²) in [5.74, 6) is -0.307. The van der Waals surface area contributed by atoms with Crippen LogP contribution in [0.5, 0.6) is 0 Å². The summed E-state index contributed by atoms with van der Waals surface area (Å²) in [5, 5.41) is 0. The van der Waals surface area contributed by atoms with Gasteiger partial charge in [0.1, 0.15) is 5.82 Å². The predicted molar refractivity (Wildman–Crippen MR) is 54.0 cm³/mol. The molecule has 0 aliphatic rings. The minimum absolute atomic E-state index is 0.307. The van der Waals surface area contributed by atoms with Crippen molar-refractivity contribution in [2.45, 2.75) is 0 Å². The number of hydrogen-bond donors (Lipinski definition) is 1. The molecule has 1 aromatic carbocycles. The molecule has 0 unspecified atom stereocenters. The lowest BCUT2D eigenvalue weighted by molar-refractivity contribution is 0.631. The lowest BCUT2D eigenvalue weighted by Crippen LogP contribution is -1.94. The average molecular weight is 188 g/mol. The molecule has 2 nitrogen and oxygen atoms in total. The van der Waals surface area contributed by atoms with Gasteiger partial charge in [-0.25, -0.2) is 4.39 Å². The van der Waals surface area contributed by atoms with E-state index in [1.807, 2.05) is 0 Å². The third-order valence-corrected chi connectivity index (χ3v) is 1.97. The second-order valence-corrected chi connectivity index (χ2v) is 2.92. The molecule has 0 aliphatic carbocycles. The number of halogens is 1. The standard InChI is InChI=1S/C11H9FN2/c12-9-5-2-1-4-8(9)11-10(13)6-3-7-14-11/h1-7H,13H2. The minimum Gasteiger partial charge on any atom is -0.397 e. The number of anilines is 1. The average Bonchev–Trinajstić information content (AvgIpc) is 2.20. The number of hydrogen-bond acceptors (Lipinski definition) is 2. The normalized spacial score (nSPS) is 10.1. The Kier molecular flexibility index (Phi) is 2.14. The number of nitrogens with zero attached hydrogens (tertiary/aromatic N) is 1. The first-order chi connectivity index (χ1) is 6.79. The van der Waals surface area contributed by atoms with Gasteiger partial charge in [-0.2, -0.15) is 0 Å². The predicted octanol–water partition coefficient (Wildman–Crippen LogP) is 2.47. The zero-order valence-corrected chi connectivity index (χ0v) is 7.44. The summed E-state index contributed by atoms with van der Waals surface area (Å²) in [7, 11) is 0. The maximum atomic E-state index is 13.4. The van der Waals surface area contributed by atoms with Gasteiger partial charge in [0.05, 0.1) is 11.4 Å². The molecule has 0 saturated heterocycles. The fourth-order valence-corrected chi connectivity index (χ4v) is 1.30. The number of nitrogen functional groups attached to an aromatic ring is 1. The Balaban J connectivity index is 2.61. The summed E-state index contributed by atoms with van der Waals surface area (Å²) < 4.78 is 13.4. The van der Waals surface area contributed by atoms with Crippen LogP contribution in [0.4, 0.5) is 10.1 Å². The highest BCUT2D eigenvalue weighted by Gasteiger charge is 2.07. The molecule has 0 saturated carbocycles. The molecule has 0 fully saturated rings. The lowest BCUT2D eigenvalue weighted by Gasteiger charge is -2.04. The van der Waals surface area contributed by atoms with Crippen LogP contribution in [0.1, 0.15) is 0 Å². The third-order valence-electron chi connectivity index (χ3n) is 1.97. The van der Waals surface area contributed by atoms with Gasteiger partial charge in [-0.1, -0.05) is 12.1 Å². The van der Waals surface area contributed by atoms with Gasteiger partial charge in [0.25, 0.3) is 0 Å². The van der Waals surface area contributed by atoms with Crippen molar-refractivity contribution >= 4 is 5.69 Å². The van der Waals surface area contributed by atoms with Gasteiger partial charge in [-0.15, -0.1) is 0 Å². The summed E-state index contributed by atoms with van der Waals surface area (Å²) >= 11 is 0. The Hall–Kier alpha value is -1.90. The lowest BCUT2D eigenvalue weighted by atomic mass is 10.1. The summed E-state index contributed by atoms with van der Waals surface area (Å²) in [6, 6.07) is 9.87. The summed E-state index contributed by atoms with van der Waals surface area (Å²) in [6.07, 6.45) is 1.60. The highest BCUT2D eigenvalue weighted by molar-refractivity contribution is 5.72. The van der Waals surface area contributed by atoms with Crippen molar-refractivity contribution in [3.8, 4) is 11.3 Å². The molecule has 0 bridgehead atoms. The van der Waals surface area contributed by atoms with E-state index in [-0.39, 0.29) is 5.82 Å². The highest BCUT2D eigenvalue weighted by Crippen LogP contribution is 2.24. The zero-order valence-electron chi connectivity index (χ0n) is 7.44. The summed E-state index contributed by atoms with van der Waals surface area (Å²) in [6.45, 7) is 0. The molecule has 1 heterocycles. The first-order valence-corrected chi connectivity index (χ1v) is 4.24. The fourth-order valence-electron chi connectivity index (χ4n) is 1.30. The Morgan fingerprint density at radius 3 is 2.57 bits per heavy atom. The first kappa shape index (κ1) is 8.69. The number of nitrogens with two attached hydrogens (primary N) is 1. The van der Waals surface area contributed by atoms with Gasteiger partial charge in [-0.05, 0) is 24.3 Å². The van der Waals surface area contributed by atoms with Gasteiger partial charge in [0.2, 0.25) is 0 Å². The molecule has 0 amide bonds. The van der Waals surface area contributed by atoms with E-state index in [1.54, 1.807) is 36.5 Å². The molecular formula is C11H9FN2. The van der Waals surface area contributed by atoms with E-state index in [4.69, 9.17) is 5.73 Å². The van der Waals surface area contributed by atoms with E-state index in [9.17, 15) is 4.39 Å². The largest absolute Gasteiger partial charge is 0.397 e. The van der Waals surface area contributed by atoms with Crippen LogP contribution in [0.2, 0.25) is 0 Å². The topological polar surface area (TPSA) is 38.9 Å². The van der Waals surface area contributed by atoms with Crippen LogP contribution in [0.3, 0.4) is 0 Å². The Morgan fingerprint density at radius 2 is 1.86 bits per heavy atom. The molecule has 3 heteroatoms. The van der Waals surface area contributed by atoms with E-state index in [0.717, 1.165) is 0 Å². The molecule has 14 heavy (non-hydrogen) atoms. The number of pyridine rings is 1. The van der Waals surface area contributed by atoms with Crippen molar-refractivity contribution in [1.82, 2.24) is 4.98 Å². The van der Waals surface area contributed by atoms with Crippen molar-refractivity contribution in [1.29, 1.82) is 0 Å². The molecule has 0 spiro atoms. The quantitative estimate of drug-likeness (QED) is 0.746. The summed E-state index contributed by atoms with van der Waals surface area (Å²) in [5.41, 5.74) is 7.10. The monoisotopic (exact) mass is 188 g/mol. The smallest absolute Gasteiger partial charge is 0.132 e. The van der Waals surface area contributed by atoms with Gasteiger partial charge in [0.15, 0.2) is 0 Å². The SMILES string of the molecule is Nc1cccnc1-c1ccccc1F. The fraction of sp³-hybridized carbons (Fsp3) is 0. The van der Waals surface area contributed by atoms with Crippen LogP contribution < -0.4 is 5.73 Å². The van der Waals surface area contributed by atoms with Gasteiger partial charge in [-0.3, -0.25) is 4.98 Å². The Labute approximate surface area is 81.2 Å². The van der Waals surface area contributed by atoms with Crippen LogP contribution in [0, 0.1) is 5.82 Å². The molecule has 0 atom stereocenters. The first-order valence-electron chi connectivity index (χ1n) is 4.24. The van der Waals surface area contributed by atoms with Crippen LogP contribution in [-0.4, -0.2) is 4.98 Å². The second kappa shape index (κ2) is 3.46. The van der Waals surface area contributed by atoms with Crippen LogP contribution in [-0.2, 0) is 0 Å². The highest BCUT2D eigenvalue weighted by atomic mass is 19.1. The van der Waals surface area contributed by atoms with E-state index < -0.39 is 0 Å². The zero-order chi connectivity index (χ0) is 9.97. The molecule has 0 aliphatic heterocycles. The van der Waals surface area contributed by atoms with Crippen molar-refractivity contribution in [2.24, 2.45) is 0 Å². The molecule has 1 aromatic heterocycles. The maximum absolute atomic E-state index is 13.4. The molecule has 2 N–H and O–H groups in total. The van der Waals surface area contributed by atoms with Crippen molar-refractivity contribution in [2.75, 3.05) is 5.73 Å². The van der Waals surface area contributed by atoms with E-state index >= 15 is 0 Å². The second-order valence-electron chi connectivity index (χ2n) is 2.92. The van der Waals surface area contributed by atoms with Crippen molar-refractivity contribution in [3.05, 3.63) is 48.4 Å². The van der Waals surface area contributed by atoms with Gasteiger partial charge >= 0.3 is 0 Å². The van der Waals surface area contributed by atoms with Crippen LogP contribution in [0.25, 0.3) is 11.3 Å². The third kappa shape index (κ3) is 1.44. The van der Waals surface area contributed by atoms with Crippen LogP contribution >= 0.6 is 0 Å². The van der Waals surface area contributed by atoms with Crippen LogP contribution in [0.15, 0.2) is 42.6 Å². The number of aromatic nitrogens is 1.